The van der Waals surface area contributed by atoms with Crippen molar-refractivity contribution in [3.63, 3.8) is 0 Å². The zero-order chi connectivity index (χ0) is 15.9. The largest absolute Gasteiger partial charge is 0.494 e. The van der Waals surface area contributed by atoms with Gasteiger partial charge in [-0.1, -0.05) is 24.3 Å². The minimum atomic E-state index is -0.668. The molecule has 0 heterocycles. The molecule has 2 rings (SSSR count). The average Bonchev–Trinajstić information content (AvgIpc) is 2.53. The highest BCUT2D eigenvalue weighted by Crippen LogP contribution is 2.20. The summed E-state index contributed by atoms with van der Waals surface area (Å²) in [5, 5.41) is 13.4. The summed E-state index contributed by atoms with van der Waals surface area (Å²) in [6.45, 7) is 5.01. The van der Waals surface area contributed by atoms with E-state index in [9.17, 15) is 9.50 Å². The summed E-state index contributed by atoms with van der Waals surface area (Å²) in [4.78, 5) is 0. The van der Waals surface area contributed by atoms with E-state index in [0.717, 1.165) is 11.3 Å². The standard InChI is InChI=1S/C18H22FNO2/c1-3-22-17-6-4-5-15(11-17)13(2)20-12-18(21)14-7-9-16(19)10-8-14/h4-11,13,18,20-21H,3,12H2,1-2H3. The highest BCUT2D eigenvalue weighted by Gasteiger charge is 2.11. The number of hydrogen-bond donors (Lipinski definition) is 2. The van der Waals surface area contributed by atoms with Crippen LogP contribution in [0.1, 0.15) is 37.1 Å². The Balaban J connectivity index is 1.93. The molecule has 0 fully saturated rings. The Morgan fingerprint density at radius 2 is 1.86 bits per heavy atom. The van der Waals surface area contributed by atoms with E-state index in [-0.39, 0.29) is 11.9 Å². The Morgan fingerprint density at radius 3 is 2.55 bits per heavy atom. The molecule has 0 aliphatic rings. The lowest BCUT2D eigenvalue weighted by Gasteiger charge is -2.18. The van der Waals surface area contributed by atoms with Crippen molar-refractivity contribution in [3.05, 3.63) is 65.5 Å². The molecule has 0 saturated heterocycles. The summed E-state index contributed by atoms with van der Waals surface area (Å²) >= 11 is 0. The van der Waals surface area contributed by atoms with Crippen molar-refractivity contribution in [2.75, 3.05) is 13.2 Å². The van der Waals surface area contributed by atoms with Crippen LogP contribution in [0.15, 0.2) is 48.5 Å². The summed E-state index contributed by atoms with van der Waals surface area (Å²) in [6.07, 6.45) is -0.668. The highest BCUT2D eigenvalue weighted by molar-refractivity contribution is 5.30. The monoisotopic (exact) mass is 303 g/mol. The van der Waals surface area contributed by atoms with Crippen LogP contribution in [0.5, 0.6) is 5.75 Å². The number of halogens is 1. The topological polar surface area (TPSA) is 41.5 Å². The molecule has 2 aromatic rings. The van der Waals surface area contributed by atoms with Crippen molar-refractivity contribution >= 4 is 0 Å². The molecular weight excluding hydrogens is 281 g/mol. The Kier molecular flexibility index (Phi) is 5.92. The van der Waals surface area contributed by atoms with E-state index >= 15 is 0 Å². The molecule has 118 valence electrons. The van der Waals surface area contributed by atoms with E-state index in [2.05, 4.69) is 5.32 Å². The quantitative estimate of drug-likeness (QED) is 0.821. The van der Waals surface area contributed by atoms with Crippen LogP contribution >= 0.6 is 0 Å². The maximum atomic E-state index is 12.9. The summed E-state index contributed by atoms with van der Waals surface area (Å²) in [6, 6.07) is 13.9. The second-order valence-electron chi connectivity index (χ2n) is 5.20. The molecule has 0 radical (unpaired) electrons. The van der Waals surface area contributed by atoms with Gasteiger partial charge in [-0.15, -0.1) is 0 Å². The SMILES string of the molecule is CCOc1cccc(C(C)NCC(O)c2ccc(F)cc2)c1. The lowest BCUT2D eigenvalue weighted by atomic mass is 10.1. The third kappa shape index (κ3) is 4.55. The molecule has 0 saturated carbocycles. The number of hydrogen-bond acceptors (Lipinski definition) is 3. The van der Waals surface area contributed by atoms with E-state index in [1.807, 2.05) is 38.1 Å². The van der Waals surface area contributed by atoms with Gasteiger partial charge in [-0.05, 0) is 49.2 Å². The van der Waals surface area contributed by atoms with Gasteiger partial charge in [-0.2, -0.15) is 0 Å². The average molecular weight is 303 g/mol. The molecule has 2 N–H and O–H groups in total. The van der Waals surface area contributed by atoms with Crippen LogP contribution in [0.2, 0.25) is 0 Å². The molecule has 4 heteroatoms. The maximum Gasteiger partial charge on any atom is 0.123 e. The summed E-state index contributed by atoms with van der Waals surface area (Å²) in [7, 11) is 0. The van der Waals surface area contributed by atoms with Gasteiger partial charge in [0.1, 0.15) is 11.6 Å². The summed E-state index contributed by atoms with van der Waals surface area (Å²) in [5.41, 5.74) is 1.79. The van der Waals surface area contributed by atoms with Crippen molar-refractivity contribution in [2.24, 2.45) is 0 Å². The molecule has 22 heavy (non-hydrogen) atoms. The normalized spacial score (nSPS) is 13.6. The predicted molar refractivity (Wildman–Crippen MR) is 85.4 cm³/mol. The van der Waals surface area contributed by atoms with Crippen molar-refractivity contribution in [1.82, 2.24) is 5.32 Å². The molecule has 2 aromatic carbocycles. The van der Waals surface area contributed by atoms with Gasteiger partial charge in [0.15, 0.2) is 0 Å². The third-order valence-electron chi connectivity index (χ3n) is 3.54. The summed E-state index contributed by atoms with van der Waals surface area (Å²) in [5.74, 6) is 0.540. The Hall–Kier alpha value is -1.91. The van der Waals surface area contributed by atoms with Crippen LogP contribution in [-0.4, -0.2) is 18.3 Å². The molecule has 0 aliphatic carbocycles. The minimum Gasteiger partial charge on any atom is -0.494 e. The van der Waals surface area contributed by atoms with E-state index in [1.54, 1.807) is 12.1 Å². The Labute approximate surface area is 130 Å². The van der Waals surface area contributed by atoms with Gasteiger partial charge in [0.25, 0.3) is 0 Å². The van der Waals surface area contributed by atoms with Gasteiger partial charge in [-0.25, -0.2) is 4.39 Å². The molecule has 0 aromatic heterocycles. The van der Waals surface area contributed by atoms with Crippen LogP contribution in [0, 0.1) is 5.82 Å². The van der Waals surface area contributed by atoms with E-state index in [0.29, 0.717) is 18.7 Å². The van der Waals surface area contributed by atoms with Gasteiger partial charge >= 0.3 is 0 Å². The minimum absolute atomic E-state index is 0.0792. The molecule has 0 bridgehead atoms. The molecule has 3 nitrogen and oxygen atoms in total. The number of aliphatic hydroxyl groups is 1. The van der Waals surface area contributed by atoms with Crippen molar-refractivity contribution in [2.45, 2.75) is 26.0 Å². The molecule has 0 aliphatic heterocycles. The van der Waals surface area contributed by atoms with E-state index in [1.165, 1.54) is 12.1 Å². The first-order valence-corrected chi connectivity index (χ1v) is 7.49. The van der Waals surface area contributed by atoms with Crippen LogP contribution in [-0.2, 0) is 0 Å². The smallest absolute Gasteiger partial charge is 0.123 e. The van der Waals surface area contributed by atoms with Gasteiger partial charge < -0.3 is 15.2 Å². The Morgan fingerprint density at radius 1 is 1.14 bits per heavy atom. The second kappa shape index (κ2) is 7.92. The third-order valence-corrected chi connectivity index (χ3v) is 3.54. The number of ether oxygens (including phenoxy) is 1. The second-order valence-corrected chi connectivity index (χ2v) is 5.20. The van der Waals surface area contributed by atoms with E-state index in [4.69, 9.17) is 4.74 Å². The first-order valence-electron chi connectivity index (χ1n) is 7.49. The lowest BCUT2D eigenvalue weighted by Crippen LogP contribution is -2.24. The predicted octanol–water partition coefficient (Wildman–Crippen LogP) is 3.61. The van der Waals surface area contributed by atoms with Crippen molar-refractivity contribution < 1.29 is 14.2 Å². The van der Waals surface area contributed by atoms with Gasteiger partial charge in [0.2, 0.25) is 0 Å². The fraction of sp³-hybridized carbons (Fsp3) is 0.333. The van der Waals surface area contributed by atoms with Crippen LogP contribution < -0.4 is 10.1 Å². The van der Waals surface area contributed by atoms with Crippen LogP contribution in [0.4, 0.5) is 4.39 Å². The molecule has 0 amide bonds. The van der Waals surface area contributed by atoms with Gasteiger partial charge in [0, 0.05) is 12.6 Å². The molecule has 2 unspecified atom stereocenters. The maximum absolute atomic E-state index is 12.9. The molecule has 2 atom stereocenters. The first-order chi connectivity index (χ1) is 10.6. The Bertz CT molecular complexity index is 586. The molecule has 0 spiro atoms. The lowest BCUT2D eigenvalue weighted by molar-refractivity contribution is 0.170. The van der Waals surface area contributed by atoms with Crippen molar-refractivity contribution in [1.29, 1.82) is 0 Å². The van der Waals surface area contributed by atoms with E-state index < -0.39 is 6.10 Å². The first kappa shape index (κ1) is 16.5. The number of nitrogens with one attached hydrogen (secondary N) is 1. The zero-order valence-electron chi connectivity index (χ0n) is 12.9. The summed E-state index contributed by atoms with van der Waals surface area (Å²) < 4.78 is 18.4. The highest BCUT2D eigenvalue weighted by atomic mass is 19.1. The number of aliphatic hydroxyl groups excluding tert-OH is 1. The fourth-order valence-corrected chi connectivity index (χ4v) is 2.25. The fourth-order valence-electron chi connectivity index (χ4n) is 2.25. The van der Waals surface area contributed by atoms with Crippen LogP contribution in [0.3, 0.4) is 0 Å². The number of benzene rings is 2. The van der Waals surface area contributed by atoms with Gasteiger partial charge in [-0.3, -0.25) is 0 Å². The van der Waals surface area contributed by atoms with Crippen molar-refractivity contribution in [3.8, 4) is 5.75 Å². The van der Waals surface area contributed by atoms with Crippen LogP contribution in [0.25, 0.3) is 0 Å². The van der Waals surface area contributed by atoms with Gasteiger partial charge in [0.05, 0.1) is 12.7 Å². The molecular formula is C18H22FNO2. The number of rotatable bonds is 7. The zero-order valence-corrected chi connectivity index (χ0v) is 12.9.